The molecule has 2 aromatic carbocycles. The first-order chi connectivity index (χ1) is 15.4. The van der Waals surface area contributed by atoms with Crippen molar-refractivity contribution in [2.45, 2.75) is 18.8 Å². The van der Waals surface area contributed by atoms with Gasteiger partial charge in [-0.2, -0.15) is 0 Å². The molecule has 1 aliphatic heterocycles. The summed E-state index contributed by atoms with van der Waals surface area (Å²) in [5, 5.41) is 24.6. The molecule has 0 saturated carbocycles. The number of amides is 2. The lowest BCUT2D eigenvalue weighted by Gasteiger charge is -2.17. The third-order valence-electron chi connectivity index (χ3n) is 4.71. The SMILES string of the molecule is O=C(NC1CCN(C(=O)c2cc([N+](=O)[O-])cc([N+](=O)[O-])c2)C1)c1cccc(OC(F)(F)F)c1. The van der Waals surface area contributed by atoms with Crippen LogP contribution in [-0.4, -0.2) is 52.1 Å². The zero-order valence-corrected chi connectivity index (χ0v) is 16.6. The molecular weight excluding hydrogens is 453 g/mol. The number of hydrogen-bond acceptors (Lipinski definition) is 7. The molecular formula is C19H15F3N4O7. The van der Waals surface area contributed by atoms with Crippen molar-refractivity contribution >= 4 is 23.2 Å². The molecule has 174 valence electrons. The maximum Gasteiger partial charge on any atom is 0.573 e. The van der Waals surface area contributed by atoms with Crippen molar-refractivity contribution in [3.63, 3.8) is 0 Å². The van der Waals surface area contributed by atoms with Gasteiger partial charge in [-0.25, -0.2) is 0 Å². The highest BCUT2D eigenvalue weighted by atomic mass is 19.4. The Bertz CT molecular complexity index is 1090. The van der Waals surface area contributed by atoms with Crippen molar-refractivity contribution in [3.05, 3.63) is 73.8 Å². The standard InChI is InChI=1S/C19H15F3N4O7/c20-19(21,22)33-16-3-1-2-11(8-16)17(27)23-13-4-5-24(10-13)18(28)12-6-14(25(29)30)9-15(7-12)26(31)32/h1-3,6-9,13H,4-5,10H2,(H,23,27). The molecule has 1 aliphatic rings. The van der Waals surface area contributed by atoms with Crippen LogP contribution in [0.1, 0.15) is 27.1 Å². The summed E-state index contributed by atoms with van der Waals surface area (Å²) < 4.78 is 40.9. The zero-order valence-electron chi connectivity index (χ0n) is 16.6. The molecule has 2 amide bonds. The topological polar surface area (TPSA) is 145 Å². The van der Waals surface area contributed by atoms with Crippen LogP contribution in [0.3, 0.4) is 0 Å². The molecule has 1 saturated heterocycles. The summed E-state index contributed by atoms with van der Waals surface area (Å²) in [5.41, 5.74) is -1.56. The number of nitro benzene ring substituents is 2. The van der Waals surface area contributed by atoms with Crippen molar-refractivity contribution in [2.24, 2.45) is 0 Å². The number of non-ortho nitro benzene ring substituents is 2. The molecule has 14 heteroatoms. The number of carbonyl (C=O) groups excluding carboxylic acids is 2. The van der Waals surface area contributed by atoms with Gasteiger partial charge in [-0.3, -0.25) is 29.8 Å². The first-order valence-corrected chi connectivity index (χ1v) is 9.33. The predicted octanol–water partition coefficient (Wildman–Crippen LogP) is 3.05. The van der Waals surface area contributed by atoms with Crippen molar-refractivity contribution < 1.29 is 37.3 Å². The van der Waals surface area contributed by atoms with Gasteiger partial charge in [0.05, 0.1) is 21.5 Å². The van der Waals surface area contributed by atoms with Crippen LogP contribution in [-0.2, 0) is 0 Å². The van der Waals surface area contributed by atoms with Crippen LogP contribution < -0.4 is 10.1 Å². The van der Waals surface area contributed by atoms with E-state index < -0.39 is 51.2 Å². The maximum absolute atomic E-state index is 12.7. The van der Waals surface area contributed by atoms with Gasteiger partial charge in [0.25, 0.3) is 23.2 Å². The number of nitrogens with zero attached hydrogens (tertiary/aromatic N) is 3. The molecule has 1 unspecified atom stereocenters. The van der Waals surface area contributed by atoms with E-state index in [2.05, 4.69) is 10.1 Å². The summed E-state index contributed by atoms with van der Waals surface area (Å²) in [6.07, 6.45) is -4.61. The Kier molecular flexibility index (Phi) is 6.46. The average Bonchev–Trinajstić information content (AvgIpc) is 3.20. The summed E-state index contributed by atoms with van der Waals surface area (Å²) in [4.78, 5) is 46.7. The van der Waals surface area contributed by atoms with Gasteiger partial charge in [-0.15, -0.1) is 13.2 Å². The third kappa shape index (κ3) is 5.93. The van der Waals surface area contributed by atoms with Crippen LogP contribution in [0.4, 0.5) is 24.5 Å². The van der Waals surface area contributed by atoms with Gasteiger partial charge in [0.2, 0.25) is 0 Å². The average molecular weight is 468 g/mol. The van der Waals surface area contributed by atoms with Crippen molar-refractivity contribution in [2.75, 3.05) is 13.1 Å². The Balaban J connectivity index is 1.68. The van der Waals surface area contributed by atoms with E-state index in [-0.39, 0.29) is 24.2 Å². The lowest BCUT2D eigenvalue weighted by Crippen LogP contribution is -2.38. The Hall–Kier alpha value is -4.23. The first kappa shape index (κ1) is 23.4. The summed E-state index contributed by atoms with van der Waals surface area (Å²) in [7, 11) is 0. The number of halogens is 3. The van der Waals surface area contributed by atoms with E-state index in [1.807, 2.05) is 0 Å². The van der Waals surface area contributed by atoms with Crippen LogP contribution in [0, 0.1) is 20.2 Å². The predicted molar refractivity (Wildman–Crippen MR) is 105 cm³/mol. The smallest absolute Gasteiger partial charge is 0.406 e. The molecule has 1 heterocycles. The summed E-state index contributed by atoms with van der Waals surface area (Å²) in [6, 6.07) is 6.50. The number of benzene rings is 2. The fourth-order valence-electron chi connectivity index (χ4n) is 3.28. The van der Waals surface area contributed by atoms with Gasteiger partial charge < -0.3 is 15.0 Å². The molecule has 0 aliphatic carbocycles. The van der Waals surface area contributed by atoms with Crippen LogP contribution in [0.15, 0.2) is 42.5 Å². The molecule has 2 aromatic rings. The summed E-state index contributed by atoms with van der Waals surface area (Å²) in [5.74, 6) is -1.95. The Morgan fingerprint density at radius 2 is 1.67 bits per heavy atom. The van der Waals surface area contributed by atoms with Gasteiger partial charge in [0.15, 0.2) is 0 Å². The Morgan fingerprint density at radius 3 is 2.24 bits per heavy atom. The second kappa shape index (κ2) is 9.10. The molecule has 0 aromatic heterocycles. The minimum atomic E-state index is -4.91. The van der Waals surface area contributed by atoms with E-state index in [0.717, 1.165) is 30.3 Å². The maximum atomic E-state index is 12.7. The van der Waals surface area contributed by atoms with E-state index in [1.165, 1.54) is 17.0 Å². The Labute approximate surface area is 183 Å². The highest BCUT2D eigenvalue weighted by molar-refractivity contribution is 5.96. The number of hydrogen-bond donors (Lipinski definition) is 1. The minimum Gasteiger partial charge on any atom is -0.406 e. The second-order valence-electron chi connectivity index (χ2n) is 7.04. The molecule has 3 rings (SSSR count). The lowest BCUT2D eigenvalue weighted by atomic mass is 10.1. The number of rotatable bonds is 6. The molecule has 1 N–H and O–H groups in total. The highest BCUT2D eigenvalue weighted by Crippen LogP contribution is 2.26. The van der Waals surface area contributed by atoms with E-state index in [4.69, 9.17) is 0 Å². The van der Waals surface area contributed by atoms with Crippen LogP contribution in [0.5, 0.6) is 5.75 Å². The van der Waals surface area contributed by atoms with E-state index in [0.29, 0.717) is 6.42 Å². The van der Waals surface area contributed by atoms with Crippen molar-refractivity contribution in [3.8, 4) is 5.75 Å². The van der Waals surface area contributed by atoms with Gasteiger partial charge in [-0.1, -0.05) is 6.07 Å². The van der Waals surface area contributed by atoms with E-state index >= 15 is 0 Å². The molecule has 11 nitrogen and oxygen atoms in total. The largest absolute Gasteiger partial charge is 0.573 e. The molecule has 1 fully saturated rings. The zero-order chi connectivity index (χ0) is 24.3. The number of likely N-dealkylation sites (tertiary alicyclic amines) is 1. The number of ether oxygens (including phenoxy) is 1. The van der Waals surface area contributed by atoms with Crippen molar-refractivity contribution in [1.29, 1.82) is 0 Å². The number of nitro groups is 2. The van der Waals surface area contributed by atoms with Gasteiger partial charge in [-0.05, 0) is 24.6 Å². The van der Waals surface area contributed by atoms with Crippen LogP contribution >= 0.6 is 0 Å². The second-order valence-corrected chi connectivity index (χ2v) is 7.04. The number of nitrogens with one attached hydrogen (secondary N) is 1. The molecule has 0 spiro atoms. The van der Waals surface area contributed by atoms with Crippen LogP contribution in [0.25, 0.3) is 0 Å². The molecule has 33 heavy (non-hydrogen) atoms. The number of alkyl halides is 3. The van der Waals surface area contributed by atoms with Crippen molar-refractivity contribution in [1.82, 2.24) is 10.2 Å². The number of carbonyl (C=O) groups is 2. The van der Waals surface area contributed by atoms with E-state index in [9.17, 15) is 43.0 Å². The molecule has 0 radical (unpaired) electrons. The quantitative estimate of drug-likeness (QED) is 0.507. The normalized spacial score (nSPS) is 15.7. The minimum absolute atomic E-state index is 0.000194. The summed E-state index contributed by atoms with van der Waals surface area (Å²) >= 11 is 0. The van der Waals surface area contributed by atoms with Gasteiger partial charge in [0.1, 0.15) is 5.75 Å². The van der Waals surface area contributed by atoms with Crippen LogP contribution in [0.2, 0.25) is 0 Å². The Morgan fingerprint density at radius 1 is 1.03 bits per heavy atom. The monoisotopic (exact) mass is 468 g/mol. The lowest BCUT2D eigenvalue weighted by molar-refractivity contribution is -0.394. The molecule has 0 bridgehead atoms. The molecule has 1 atom stereocenters. The van der Waals surface area contributed by atoms with Gasteiger partial charge in [0, 0.05) is 36.8 Å². The fourth-order valence-corrected chi connectivity index (χ4v) is 3.28. The highest BCUT2D eigenvalue weighted by Gasteiger charge is 2.32. The van der Waals surface area contributed by atoms with E-state index in [1.54, 1.807) is 0 Å². The fraction of sp³-hybridized carbons (Fsp3) is 0.263. The van der Waals surface area contributed by atoms with Gasteiger partial charge >= 0.3 is 6.36 Å². The third-order valence-corrected chi connectivity index (χ3v) is 4.71. The first-order valence-electron chi connectivity index (χ1n) is 9.33. The summed E-state index contributed by atoms with van der Waals surface area (Å²) in [6.45, 7) is 0.150.